The van der Waals surface area contributed by atoms with Crippen LogP contribution >= 0.6 is 0 Å². The molecule has 0 atom stereocenters. The maximum absolute atomic E-state index is 12.0. The summed E-state index contributed by atoms with van der Waals surface area (Å²) in [5.41, 5.74) is 6.38. The van der Waals surface area contributed by atoms with E-state index in [0.717, 1.165) is 16.9 Å². The van der Waals surface area contributed by atoms with Gasteiger partial charge in [0.05, 0.1) is 12.8 Å². The zero-order valence-electron chi connectivity index (χ0n) is 13.1. The Morgan fingerprint density at radius 3 is 2.55 bits per heavy atom. The minimum atomic E-state index is -0.246. The lowest BCUT2D eigenvalue weighted by molar-refractivity contribution is 0.0955. The molecule has 2 aromatic carbocycles. The number of amides is 1. The highest BCUT2D eigenvalue weighted by Gasteiger charge is 2.04. The first-order chi connectivity index (χ1) is 10.6. The van der Waals surface area contributed by atoms with Crippen LogP contribution in [0.3, 0.4) is 0 Å². The molecular weight excluding hydrogens is 276 g/mol. The summed E-state index contributed by atoms with van der Waals surface area (Å²) in [5, 5.41) is 4.01. The van der Waals surface area contributed by atoms with Gasteiger partial charge in [0, 0.05) is 5.56 Å². The number of ether oxygens (including phenoxy) is 1. The Morgan fingerprint density at radius 2 is 1.91 bits per heavy atom. The van der Waals surface area contributed by atoms with Crippen LogP contribution in [-0.4, -0.2) is 18.7 Å². The van der Waals surface area contributed by atoms with Gasteiger partial charge in [0.1, 0.15) is 5.75 Å². The van der Waals surface area contributed by atoms with Crippen LogP contribution in [0.5, 0.6) is 5.75 Å². The fourth-order valence-corrected chi connectivity index (χ4v) is 2.06. The predicted molar refractivity (Wildman–Crippen MR) is 88.6 cm³/mol. The summed E-state index contributed by atoms with van der Waals surface area (Å²) in [6, 6.07) is 13.0. The lowest BCUT2D eigenvalue weighted by Crippen LogP contribution is -2.17. The van der Waals surface area contributed by atoms with Crippen molar-refractivity contribution in [1.82, 2.24) is 5.43 Å². The first kappa shape index (κ1) is 15.8. The maximum Gasteiger partial charge on any atom is 0.271 e. The van der Waals surface area contributed by atoms with Crippen LogP contribution in [0.25, 0.3) is 0 Å². The molecule has 0 radical (unpaired) electrons. The van der Waals surface area contributed by atoms with Gasteiger partial charge in [-0.2, -0.15) is 5.10 Å². The molecule has 0 saturated heterocycles. The molecule has 114 valence electrons. The molecule has 0 bridgehead atoms. The van der Waals surface area contributed by atoms with E-state index < -0.39 is 0 Å². The smallest absolute Gasteiger partial charge is 0.271 e. The van der Waals surface area contributed by atoms with Gasteiger partial charge in [0.2, 0.25) is 0 Å². The van der Waals surface area contributed by atoms with Gasteiger partial charge < -0.3 is 4.74 Å². The normalized spacial score (nSPS) is 10.7. The van der Waals surface area contributed by atoms with E-state index in [1.807, 2.05) is 32.9 Å². The Labute approximate surface area is 130 Å². The molecule has 4 heteroatoms. The lowest BCUT2D eigenvalue weighted by atomic mass is 10.1. The molecule has 1 amide bonds. The molecule has 0 aliphatic carbocycles. The van der Waals surface area contributed by atoms with Crippen LogP contribution in [0, 0.1) is 13.8 Å². The Morgan fingerprint density at radius 1 is 1.18 bits per heavy atom. The van der Waals surface area contributed by atoms with Crippen molar-refractivity contribution < 1.29 is 9.53 Å². The second-order valence-corrected chi connectivity index (χ2v) is 5.02. The molecule has 0 aliphatic heterocycles. The van der Waals surface area contributed by atoms with Crippen molar-refractivity contribution >= 4 is 12.1 Å². The lowest BCUT2D eigenvalue weighted by Gasteiger charge is -2.04. The average molecular weight is 296 g/mol. The zero-order chi connectivity index (χ0) is 15.9. The minimum absolute atomic E-state index is 0.246. The number of benzene rings is 2. The monoisotopic (exact) mass is 296 g/mol. The number of hydrogen-bond acceptors (Lipinski definition) is 3. The van der Waals surface area contributed by atoms with Gasteiger partial charge >= 0.3 is 0 Å². The third-order valence-electron chi connectivity index (χ3n) is 3.22. The van der Waals surface area contributed by atoms with Crippen molar-refractivity contribution in [2.45, 2.75) is 20.8 Å². The third-order valence-corrected chi connectivity index (χ3v) is 3.22. The quantitative estimate of drug-likeness (QED) is 0.678. The second kappa shape index (κ2) is 7.41. The van der Waals surface area contributed by atoms with Crippen molar-refractivity contribution in [2.75, 3.05) is 6.61 Å². The van der Waals surface area contributed by atoms with Crippen LogP contribution in [0.15, 0.2) is 47.6 Å². The molecule has 0 saturated carbocycles. The fourth-order valence-electron chi connectivity index (χ4n) is 2.06. The summed E-state index contributed by atoms with van der Waals surface area (Å²) < 4.78 is 5.34. The molecule has 0 heterocycles. The molecule has 22 heavy (non-hydrogen) atoms. The first-order valence-electron chi connectivity index (χ1n) is 7.23. The van der Waals surface area contributed by atoms with E-state index in [1.54, 1.807) is 30.5 Å². The Hall–Kier alpha value is -2.62. The largest absolute Gasteiger partial charge is 0.494 e. The van der Waals surface area contributed by atoms with E-state index in [-0.39, 0.29) is 5.91 Å². The number of rotatable bonds is 5. The second-order valence-electron chi connectivity index (χ2n) is 5.02. The Kier molecular flexibility index (Phi) is 5.31. The predicted octanol–water partition coefficient (Wildman–Crippen LogP) is 3.47. The van der Waals surface area contributed by atoms with Gasteiger partial charge in [-0.1, -0.05) is 23.8 Å². The summed E-state index contributed by atoms with van der Waals surface area (Å²) in [7, 11) is 0. The van der Waals surface area contributed by atoms with E-state index in [2.05, 4.69) is 16.6 Å². The third kappa shape index (κ3) is 4.19. The van der Waals surface area contributed by atoms with E-state index >= 15 is 0 Å². The molecule has 2 aromatic rings. The molecular formula is C18H20N2O2. The van der Waals surface area contributed by atoms with Crippen molar-refractivity contribution in [3.05, 3.63) is 64.7 Å². The summed E-state index contributed by atoms with van der Waals surface area (Å²) in [6.45, 7) is 6.58. The van der Waals surface area contributed by atoms with Gasteiger partial charge in [-0.3, -0.25) is 4.79 Å². The number of nitrogens with one attached hydrogen (secondary N) is 1. The van der Waals surface area contributed by atoms with Crippen LogP contribution in [0.4, 0.5) is 0 Å². The molecule has 0 aromatic heterocycles. The van der Waals surface area contributed by atoms with Crippen molar-refractivity contribution in [2.24, 2.45) is 5.10 Å². The summed E-state index contributed by atoms with van der Waals surface area (Å²) >= 11 is 0. The molecule has 2 rings (SSSR count). The van der Waals surface area contributed by atoms with Crippen molar-refractivity contribution in [3.8, 4) is 5.75 Å². The number of nitrogens with zero attached hydrogens (tertiary/aromatic N) is 1. The Balaban J connectivity index is 1.98. The van der Waals surface area contributed by atoms with Crippen LogP contribution < -0.4 is 10.2 Å². The van der Waals surface area contributed by atoms with Crippen LogP contribution in [-0.2, 0) is 0 Å². The summed E-state index contributed by atoms with van der Waals surface area (Å²) in [6.07, 6.45) is 1.65. The van der Waals surface area contributed by atoms with E-state index in [4.69, 9.17) is 4.74 Å². The average Bonchev–Trinajstić information content (AvgIpc) is 2.50. The van der Waals surface area contributed by atoms with Crippen LogP contribution in [0.1, 0.15) is 34.0 Å². The number of aryl methyl sites for hydroxylation is 2. The van der Waals surface area contributed by atoms with E-state index in [9.17, 15) is 4.79 Å². The molecule has 1 N–H and O–H groups in total. The summed E-state index contributed by atoms with van der Waals surface area (Å²) in [4.78, 5) is 12.0. The summed E-state index contributed by atoms with van der Waals surface area (Å²) in [5.74, 6) is 0.502. The van der Waals surface area contributed by atoms with E-state index in [0.29, 0.717) is 12.2 Å². The number of carbonyl (C=O) groups excluding carboxylic acids is 1. The number of carbonyl (C=O) groups is 1. The zero-order valence-corrected chi connectivity index (χ0v) is 13.1. The molecule has 0 unspecified atom stereocenters. The molecule has 0 fully saturated rings. The molecule has 0 aliphatic rings. The first-order valence-corrected chi connectivity index (χ1v) is 7.23. The number of hydrazone groups is 1. The maximum atomic E-state index is 12.0. The molecule has 4 nitrogen and oxygen atoms in total. The van der Waals surface area contributed by atoms with Gasteiger partial charge in [0.25, 0.3) is 5.91 Å². The SMILES string of the molecule is CCOc1ccc(C(=O)N/N=C\c2ccc(C)cc2C)cc1. The minimum Gasteiger partial charge on any atom is -0.494 e. The highest BCUT2D eigenvalue weighted by atomic mass is 16.5. The number of hydrogen-bond donors (Lipinski definition) is 1. The van der Waals surface area contributed by atoms with Gasteiger partial charge in [-0.25, -0.2) is 5.43 Å². The highest BCUT2D eigenvalue weighted by Crippen LogP contribution is 2.12. The van der Waals surface area contributed by atoms with Crippen molar-refractivity contribution in [1.29, 1.82) is 0 Å². The topological polar surface area (TPSA) is 50.7 Å². The fraction of sp³-hybridized carbons (Fsp3) is 0.222. The van der Waals surface area contributed by atoms with Gasteiger partial charge in [-0.15, -0.1) is 0 Å². The van der Waals surface area contributed by atoms with Crippen LogP contribution in [0.2, 0.25) is 0 Å². The van der Waals surface area contributed by atoms with Gasteiger partial charge in [-0.05, 0) is 56.2 Å². The Bertz CT molecular complexity index is 676. The standard InChI is InChI=1S/C18H20N2O2/c1-4-22-17-9-7-15(8-10-17)18(21)20-19-12-16-6-5-13(2)11-14(16)3/h5-12H,4H2,1-3H3,(H,20,21)/b19-12-. The van der Waals surface area contributed by atoms with Crippen molar-refractivity contribution in [3.63, 3.8) is 0 Å². The van der Waals surface area contributed by atoms with E-state index in [1.165, 1.54) is 5.56 Å². The molecule has 0 spiro atoms. The van der Waals surface area contributed by atoms with Gasteiger partial charge in [0.15, 0.2) is 0 Å². The highest BCUT2D eigenvalue weighted by molar-refractivity contribution is 5.95.